The Morgan fingerprint density at radius 2 is 1.73 bits per heavy atom. The Hall–Kier alpha value is -2.66. The van der Waals surface area contributed by atoms with Crippen LogP contribution in [0.4, 0.5) is 0 Å². The second-order valence-corrected chi connectivity index (χ2v) is 8.46. The van der Waals surface area contributed by atoms with Crippen LogP contribution < -0.4 is 5.32 Å². The van der Waals surface area contributed by atoms with Gasteiger partial charge in [0.1, 0.15) is 12.2 Å². The van der Waals surface area contributed by atoms with Crippen molar-refractivity contribution >= 4 is 16.8 Å². The van der Waals surface area contributed by atoms with Gasteiger partial charge in [0.15, 0.2) is 0 Å². The van der Waals surface area contributed by atoms with E-state index in [1.165, 1.54) is 19.3 Å². The summed E-state index contributed by atoms with van der Waals surface area (Å²) in [6, 6.07) is 19.6. The highest BCUT2D eigenvalue weighted by atomic mass is 16.2. The van der Waals surface area contributed by atoms with Crippen LogP contribution in [0.2, 0.25) is 0 Å². The number of carbonyl (C=O) groups excluding carboxylic acids is 1. The van der Waals surface area contributed by atoms with Gasteiger partial charge in [0.05, 0.1) is 5.52 Å². The first-order chi connectivity index (χ1) is 14.6. The number of nitrogens with one attached hydrogen (secondary N) is 1. The summed E-state index contributed by atoms with van der Waals surface area (Å²) in [6.45, 7) is 6.64. The fourth-order valence-corrected chi connectivity index (χ4v) is 4.65. The molecule has 0 radical (unpaired) electrons. The molecule has 2 unspecified atom stereocenters. The number of carbonyl (C=O) groups is 1. The second-order valence-electron chi connectivity index (χ2n) is 8.46. The summed E-state index contributed by atoms with van der Waals surface area (Å²) < 4.78 is 1.82. The van der Waals surface area contributed by atoms with Crippen molar-refractivity contribution in [2.45, 2.75) is 58.2 Å². The molecule has 0 aliphatic carbocycles. The van der Waals surface area contributed by atoms with E-state index in [4.69, 9.17) is 5.10 Å². The van der Waals surface area contributed by atoms with Gasteiger partial charge in [-0.05, 0) is 39.2 Å². The van der Waals surface area contributed by atoms with E-state index in [0.29, 0.717) is 18.6 Å². The van der Waals surface area contributed by atoms with Gasteiger partial charge in [-0.1, -0.05) is 55.0 Å². The number of fused-ring (bicyclic) bond motifs is 1. The number of para-hydroxylation sites is 1. The molecule has 0 spiro atoms. The number of piperidine rings is 1. The Morgan fingerprint density at radius 3 is 2.50 bits per heavy atom. The van der Waals surface area contributed by atoms with Gasteiger partial charge in [0.2, 0.25) is 5.91 Å². The maximum Gasteiger partial charge on any atom is 0.241 e. The van der Waals surface area contributed by atoms with Crippen molar-refractivity contribution in [2.75, 3.05) is 13.1 Å². The molecule has 2 heterocycles. The summed E-state index contributed by atoms with van der Waals surface area (Å²) in [5, 5.41) is 8.93. The number of likely N-dealkylation sites (tertiary alicyclic amines) is 1. The molecular weight excluding hydrogens is 372 g/mol. The van der Waals surface area contributed by atoms with Crippen molar-refractivity contribution in [3.05, 3.63) is 54.6 Å². The Kier molecular flexibility index (Phi) is 6.48. The lowest BCUT2D eigenvalue weighted by Gasteiger charge is -2.39. The molecule has 3 aromatic rings. The highest BCUT2D eigenvalue weighted by Crippen LogP contribution is 2.27. The van der Waals surface area contributed by atoms with E-state index in [0.717, 1.165) is 35.1 Å². The molecule has 1 fully saturated rings. The summed E-state index contributed by atoms with van der Waals surface area (Å²) in [5.74, 6) is 0.0163. The molecule has 1 aliphatic heterocycles. The standard InChI is InChI=1S/C25H32N4O/c1-19-10-8-11-20(2)28(19)17-9-16-26-24(30)18-29-23-15-7-6-14-22(23)25(27-29)21-12-4-3-5-13-21/h3-7,12-15,19-20H,8-11,16-18H2,1-2H3,(H,26,30). The van der Waals surface area contributed by atoms with Gasteiger partial charge in [-0.15, -0.1) is 0 Å². The fraction of sp³-hybridized carbons (Fsp3) is 0.440. The van der Waals surface area contributed by atoms with E-state index in [-0.39, 0.29) is 12.5 Å². The third kappa shape index (κ3) is 4.57. The lowest BCUT2D eigenvalue weighted by Crippen LogP contribution is -2.44. The summed E-state index contributed by atoms with van der Waals surface area (Å²) >= 11 is 0. The molecule has 1 amide bonds. The topological polar surface area (TPSA) is 50.2 Å². The molecule has 158 valence electrons. The van der Waals surface area contributed by atoms with E-state index < -0.39 is 0 Å². The van der Waals surface area contributed by atoms with Gasteiger partial charge < -0.3 is 5.32 Å². The summed E-state index contributed by atoms with van der Waals surface area (Å²) in [6.07, 6.45) is 4.88. The summed E-state index contributed by atoms with van der Waals surface area (Å²) in [4.78, 5) is 15.2. The number of benzene rings is 2. The van der Waals surface area contributed by atoms with Gasteiger partial charge in [0, 0.05) is 36.1 Å². The highest BCUT2D eigenvalue weighted by Gasteiger charge is 2.23. The number of nitrogens with zero attached hydrogens (tertiary/aromatic N) is 3. The van der Waals surface area contributed by atoms with Gasteiger partial charge in [-0.25, -0.2) is 0 Å². The first kappa shape index (κ1) is 20.6. The number of hydrogen-bond donors (Lipinski definition) is 1. The van der Waals surface area contributed by atoms with Crippen LogP contribution in [0.5, 0.6) is 0 Å². The molecule has 2 atom stereocenters. The number of hydrogen-bond acceptors (Lipinski definition) is 3. The molecule has 1 saturated heterocycles. The first-order valence-corrected chi connectivity index (χ1v) is 11.2. The molecule has 0 saturated carbocycles. The van der Waals surface area contributed by atoms with Crippen LogP contribution >= 0.6 is 0 Å². The predicted molar refractivity (Wildman–Crippen MR) is 122 cm³/mol. The molecule has 5 heteroatoms. The van der Waals surface area contributed by atoms with E-state index in [2.05, 4.69) is 42.3 Å². The molecule has 1 N–H and O–H groups in total. The number of amides is 1. The van der Waals surface area contributed by atoms with Crippen molar-refractivity contribution in [1.82, 2.24) is 20.0 Å². The molecular formula is C25H32N4O. The van der Waals surface area contributed by atoms with Crippen LogP contribution in [0.25, 0.3) is 22.2 Å². The maximum atomic E-state index is 12.6. The SMILES string of the molecule is CC1CCCC(C)N1CCCNC(=O)Cn1nc(-c2ccccc2)c2ccccc21. The third-order valence-corrected chi connectivity index (χ3v) is 6.29. The van der Waals surface area contributed by atoms with Crippen molar-refractivity contribution in [1.29, 1.82) is 0 Å². The Morgan fingerprint density at radius 1 is 1.03 bits per heavy atom. The second kappa shape index (κ2) is 9.43. The van der Waals surface area contributed by atoms with Gasteiger partial charge in [0.25, 0.3) is 0 Å². The molecule has 0 bridgehead atoms. The fourth-order valence-electron chi connectivity index (χ4n) is 4.65. The largest absolute Gasteiger partial charge is 0.354 e. The number of rotatable bonds is 7. The van der Waals surface area contributed by atoms with E-state index in [9.17, 15) is 4.79 Å². The molecule has 2 aromatic carbocycles. The quantitative estimate of drug-likeness (QED) is 0.591. The van der Waals surface area contributed by atoms with Gasteiger partial charge in [-0.3, -0.25) is 14.4 Å². The van der Waals surface area contributed by atoms with Gasteiger partial charge >= 0.3 is 0 Å². The van der Waals surface area contributed by atoms with E-state index in [1.807, 2.05) is 41.1 Å². The van der Waals surface area contributed by atoms with Crippen LogP contribution in [0, 0.1) is 0 Å². The lowest BCUT2D eigenvalue weighted by atomic mass is 9.97. The van der Waals surface area contributed by atoms with E-state index >= 15 is 0 Å². The van der Waals surface area contributed by atoms with Crippen LogP contribution in [0.1, 0.15) is 39.5 Å². The Labute approximate surface area is 179 Å². The molecule has 30 heavy (non-hydrogen) atoms. The zero-order valence-corrected chi connectivity index (χ0v) is 18.1. The maximum absolute atomic E-state index is 12.6. The molecule has 5 nitrogen and oxygen atoms in total. The Balaban J connectivity index is 1.37. The van der Waals surface area contributed by atoms with E-state index in [1.54, 1.807) is 0 Å². The lowest BCUT2D eigenvalue weighted by molar-refractivity contribution is -0.121. The normalized spacial score (nSPS) is 19.8. The minimum Gasteiger partial charge on any atom is -0.354 e. The van der Waals surface area contributed by atoms with Crippen molar-refractivity contribution < 1.29 is 4.79 Å². The third-order valence-electron chi connectivity index (χ3n) is 6.29. The minimum atomic E-state index is 0.0163. The average Bonchev–Trinajstić information content (AvgIpc) is 3.12. The van der Waals surface area contributed by atoms with Crippen molar-refractivity contribution in [3.63, 3.8) is 0 Å². The summed E-state index contributed by atoms with van der Waals surface area (Å²) in [5.41, 5.74) is 2.98. The van der Waals surface area contributed by atoms with Crippen molar-refractivity contribution in [3.8, 4) is 11.3 Å². The first-order valence-electron chi connectivity index (χ1n) is 11.2. The average molecular weight is 405 g/mol. The summed E-state index contributed by atoms with van der Waals surface area (Å²) in [7, 11) is 0. The highest BCUT2D eigenvalue weighted by molar-refractivity contribution is 5.94. The van der Waals surface area contributed by atoms with Gasteiger partial charge in [-0.2, -0.15) is 5.10 Å². The Bertz CT molecular complexity index is 971. The zero-order valence-electron chi connectivity index (χ0n) is 18.1. The molecule has 4 rings (SSSR count). The minimum absolute atomic E-state index is 0.0163. The molecule has 1 aliphatic rings. The monoisotopic (exact) mass is 404 g/mol. The van der Waals surface area contributed by atoms with Crippen LogP contribution in [0.15, 0.2) is 54.6 Å². The van der Waals surface area contributed by atoms with Crippen molar-refractivity contribution in [2.24, 2.45) is 0 Å². The number of aromatic nitrogens is 2. The predicted octanol–water partition coefficient (Wildman–Crippen LogP) is 4.47. The van der Waals surface area contributed by atoms with Crippen LogP contribution in [-0.2, 0) is 11.3 Å². The van der Waals surface area contributed by atoms with Crippen LogP contribution in [0.3, 0.4) is 0 Å². The smallest absolute Gasteiger partial charge is 0.241 e. The molecule has 1 aromatic heterocycles. The van der Waals surface area contributed by atoms with Crippen LogP contribution in [-0.4, -0.2) is 45.8 Å². The zero-order chi connectivity index (χ0) is 20.9.